The molecule has 1 aliphatic heterocycles. The zero-order valence-electron chi connectivity index (χ0n) is 11.0. The van der Waals surface area contributed by atoms with E-state index in [1.807, 2.05) is 0 Å². The van der Waals surface area contributed by atoms with Crippen molar-refractivity contribution >= 4 is 15.9 Å². The molecule has 0 radical (unpaired) electrons. The van der Waals surface area contributed by atoms with Crippen LogP contribution in [0.4, 0.5) is 0 Å². The molecule has 2 rings (SSSR count). The molecule has 0 saturated carbocycles. The lowest BCUT2D eigenvalue weighted by atomic mass is 10.1. The molecule has 0 bridgehead atoms. The summed E-state index contributed by atoms with van der Waals surface area (Å²) in [5.41, 5.74) is 1.34. The van der Waals surface area contributed by atoms with Crippen LogP contribution in [0.1, 0.15) is 44.2 Å². The highest BCUT2D eigenvalue weighted by Gasteiger charge is 2.14. The van der Waals surface area contributed by atoms with Crippen LogP contribution >= 0.6 is 15.9 Å². The van der Waals surface area contributed by atoms with Gasteiger partial charge < -0.3 is 10.1 Å². The highest BCUT2D eigenvalue weighted by Crippen LogP contribution is 2.18. The molecular weight excluding hydrogens is 290 g/mol. The molecule has 0 spiro atoms. The number of hydrogen-bond donors (Lipinski definition) is 1. The van der Waals surface area contributed by atoms with Crippen LogP contribution in [0.3, 0.4) is 0 Å². The predicted molar refractivity (Wildman–Crippen MR) is 78.8 cm³/mol. The van der Waals surface area contributed by atoms with Crippen molar-refractivity contribution < 1.29 is 4.74 Å². The summed E-state index contributed by atoms with van der Waals surface area (Å²) in [6.07, 6.45) is 5.41. The number of nitrogens with one attached hydrogen (secondary N) is 1. The lowest BCUT2D eigenvalue weighted by Crippen LogP contribution is -2.21. The van der Waals surface area contributed by atoms with Crippen LogP contribution in [0.5, 0.6) is 0 Å². The minimum absolute atomic E-state index is 0.419. The van der Waals surface area contributed by atoms with Gasteiger partial charge in [-0.2, -0.15) is 0 Å². The van der Waals surface area contributed by atoms with Crippen molar-refractivity contribution in [3.05, 3.63) is 34.3 Å². The monoisotopic (exact) mass is 311 g/mol. The Balaban J connectivity index is 1.64. The van der Waals surface area contributed by atoms with Gasteiger partial charge in [-0.15, -0.1) is 0 Å². The molecule has 1 fully saturated rings. The number of benzene rings is 1. The van der Waals surface area contributed by atoms with Gasteiger partial charge in [0, 0.05) is 17.1 Å². The Morgan fingerprint density at radius 3 is 2.83 bits per heavy atom. The van der Waals surface area contributed by atoms with E-state index in [1.165, 1.54) is 31.2 Å². The maximum Gasteiger partial charge on any atom is 0.0576 e. The standard InChI is InChI=1S/C15H22BrNO/c1-12(13-6-8-14(16)9-7-13)17-10-2-4-15-5-3-11-18-15/h6-9,12,15,17H,2-5,10-11H2,1H3/t12-,15?/m1/s1. The Bertz CT molecular complexity index is 346. The lowest BCUT2D eigenvalue weighted by molar-refractivity contribution is 0.102. The van der Waals surface area contributed by atoms with Gasteiger partial charge in [-0.25, -0.2) is 0 Å². The summed E-state index contributed by atoms with van der Waals surface area (Å²) in [5, 5.41) is 3.57. The quantitative estimate of drug-likeness (QED) is 0.800. The molecule has 2 nitrogen and oxygen atoms in total. The highest BCUT2D eigenvalue weighted by molar-refractivity contribution is 9.10. The van der Waals surface area contributed by atoms with E-state index in [0.29, 0.717) is 12.1 Å². The molecule has 18 heavy (non-hydrogen) atoms. The van der Waals surface area contributed by atoms with Gasteiger partial charge in [-0.3, -0.25) is 0 Å². The molecule has 1 N–H and O–H groups in total. The first-order chi connectivity index (χ1) is 8.75. The summed E-state index contributed by atoms with van der Waals surface area (Å²) in [5.74, 6) is 0. The van der Waals surface area contributed by atoms with Crippen molar-refractivity contribution in [2.45, 2.75) is 44.8 Å². The summed E-state index contributed by atoms with van der Waals surface area (Å²) in [7, 11) is 0. The van der Waals surface area contributed by atoms with Gasteiger partial charge in [0.1, 0.15) is 0 Å². The number of halogens is 1. The summed E-state index contributed by atoms with van der Waals surface area (Å²) < 4.78 is 6.76. The molecule has 3 heteroatoms. The van der Waals surface area contributed by atoms with Crippen LogP contribution < -0.4 is 5.32 Å². The molecule has 1 aliphatic rings. The topological polar surface area (TPSA) is 21.3 Å². The Morgan fingerprint density at radius 2 is 2.17 bits per heavy atom. The third-order valence-electron chi connectivity index (χ3n) is 3.55. The molecule has 1 heterocycles. The molecule has 100 valence electrons. The van der Waals surface area contributed by atoms with Gasteiger partial charge in [0.25, 0.3) is 0 Å². The normalized spacial score (nSPS) is 21.1. The van der Waals surface area contributed by atoms with Gasteiger partial charge in [0.05, 0.1) is 6.10 Å². The zero-order valence-corrected chi connectivity index (χ0v) is 12.6. The molecular formula is C15H22BrNO. The van der Waals surface area contributed by atoms with Crippen LogP contribution in [0.25, 0.3) is 0 Å². The van der Waals surface area contributed by atoms with Gasteiger partial charge in [0.2, 0.25) is 0 Å². The third kappa shape index (κ3) is 4.38. The first-order valence-corrected chi connectivity index (χ1v) is 7.65. The predicted octanol–water partition coefficient (Wildman–Crippen LogP) is 4.06. The van der Waals surface area contributed by atoms with Crippen LogP contribution in [0, 0.1) is 0 Å². The first-order valence-electron chi connectivity index (χ1n) is 6.86. The fourth-order valence-corrected chi connectivity index (χ4v) is 2.65. The van der Waals surface area contributed by atoms with Crippen LogP contribution in [0.2, 0.25) is 0 Å². The van der Waals surface area contributed by atoms with Crippen molar-refractivity contribution in [3.8, 4) is 0 Å². The second-order valence-electron chi connectivity index (χ2n) is 5.00. The minimum atomic E-state index is 0.419. The van der Waals surface area contributed by atoms with Crippen LogP contribution in [0.15, 0.2) is 28.7 Å². The van der Waals surface area contributed by atoms with Crippen molar-refractivity contribution in [2.75, 3.05) is 13.2 Å². The molecule has 0 aromatic heterocycles. The molecule has 1 saturated heterocycles. The number of hydrogen-bond acceptors (Lipinski definition) is 2. The fourth-order valence-electron chi connectivity index (χ4n) is 2.39. The summed E-state index contributed by atoms with van der Waals surface area (Å²) >= 11 is 3.46. The lowest BCUT2D eigenvalue weighted by Gasteiger charge is -2.15. The summed E-state index contributed by atoms with van der Waals surface area (Å²) in [4.78, 5) is 0. The average molecular weight is 312 g/mol. The van der Waals surface area contributed by atoms with E-state index in [2.05, 4.69) is 52.4 Å². The molecule has 0 aliphatic carbocycles. The largest absolute Gasteiger partial charge is 0.378 e. The Kier molecular flexibility index (Phi) is 5.67. The van der Waals surface area contributed by atoms with Crippen molar-refractivity contribution in [2.24, 2.45) is 0 Å². The average Bonchev–Trinajstić information content (AvgIpc) is 2.88. The van der Waals surface area contributed by atoms with E-state index in [-0.39, 0.29) is 0 Å². The second kappa shape index (κ2) is 7.27. The minimum Gasteiger partial charge on any atom is -0.378 e. The Morgan fingerprint density at radius 1 is 1.39 bits per heavy atom. The van der Waals surface area contributed by atoms with Crippen LogP contribution in [-0.2, 0) is 4.74 Å². The van der Waals surface area contributed by atoms with E-state index in [4.69, 9.17) is 4.74 Å². The van der Waals surface area contributed by atoms with Gasteiger partial charge in [-0.05, 0) is 56.8 Å². The van der Waals surface area contributed by atoms with E-state index in [1.54, 1.807) is 0 Å². The number of ether oxygens (including phenoxy) is 1. The third-order valence-corrected chi connectivity index (χ3v) is 4.08. The molecule has 0 amide bonds. The Hall–Kier alpha value is -0.380. The maximum absolute atomic E-state index is 5.62. The smallest absolute Gasteiger partial charge is 0.0576 e. The zero-order chi connectivity index (χ0) is 12.8. The van der Waals surface area contributed by atoms with E-state index < -0.39 is 0 Å². The van der Waals surface area contributed by atoms with Crippen LogP contribution in [-0.4, -0.2) is 19.3 Å². The first kappa shape index (κ1) is 14.0. The van der Waals surface area contributed by atoms with Crippen molar-refractivity contribution in [1.82, 2.24) is 5.32 Å². The molecule has 1 aromatic carbocycles. The van der Waals surface area contributed by atoms with E-state index >= 15 is 0 Å². The van der Waals surface area contributed by atoms with Gasteiger partial charge in [0.15, 0.2) is 0 Å². The van der Waals surface area contributed by atoms with Crippen molar-refractivity contribution in [1.29, 1.82) is 0 Å². The van der Waals surface area contributed by atoms with E-state index in [9.17, 15) is 0 Å². The SMILES string of the molecule is C[C@@H](NCCCC1CCCO1)c1ccc(Br)cc1. The summed E-state index contributed by atoms with van der Waals surface area (Å²) in [6.45, 7) is 4.25. The Labute approximate surface area is 118 Å². The molecule has 1 unspecified atom stereocenters. The summed E-state index contributed by atoms with van der Waals surface area (Å²) in [6, 6.07) is 8.95. The van der Waals surface area contributed by atoms with Gasteiger partial charge >= 0.3 is 0 Å². The number of rotatable bonds is 6. The maximum atomic E-state index is 5.62. The van der Waals surface area contributed by atoms with Gasteiger partial charge in [-0.1, -0.05) is 28.1 Å². The second-order valence-corrected chi connectivity index (χ2v) is 5.92. The van der Waals surface area contributed by atoms with Crippen molar-refractivity contribution in [3.63, 3.8) is 0 Å². The molecule has 2 atom stereocenters. The fraction of sp³-hybridized carbons (Fsp3) is 0.600. The molecule has 1 aromatic rings. The van der Waals surface area contributed by atoms with E-state index in [0.717, 1.165) is 17.6 Å². The highest BCUT2D eigenvalue weighted by atomic mass is 79.9.